The molecule has 35 heavy (non-hydrogen) atoms. The van der Waals surface area contributed by atoms with Crippen molar-refractivity contribution in [3.8, 4) is 0 Å². The molecule has 0 amide bonds. The molecule has 0 unspecified atom stereocenters. The zero-order valence-electron chi connectivity index (χ0n) is 24.6. The van der Waals surface area contributed by atoms with Crippen LogP contribution in [-0.2, 0) is 9.47 Å². The Bertz CT molecular complexity index is 661. The molecule has 0 spiro atoms. The van der Waals surface area contributed by atoms with Crippen molar-refractivity contribution in [2.24, 2.45) is 4.99 Å². The van der Waals surface area contributed by atoms with Crippen molar-refractivity contribution in [3.63, 3.8) is 0 Å². The summed E-state index contributed by atoms with van der Waals surface area (Å²) in [6.07, 6.45) is 5.11. The van der Waals surface area contributed by atoms with Crippen LogP contribution < -0.4 is 5.36 Å². The van der Waals surface area contributed by atoms with Gasteiger partial charge in [-0.2, -0.15) is 0 Å². The molecular formula is C27H53N3O2Si2Sr. The van der Waals surface area contributed by atoms with E-state index in [1.54, 1.807) is 0 Å². The van der Waals surface area contributed by atoms with Crippen LogP contribution in [0.25, 0.3) is 9.96 Å². The van der Waals surface area contributed by atoms with Gasteiger partial charge in [0.2, 0.25) is 0 Å². The van der Waals surface area contributed by atoms with Gasteiger partial charge in [-0.15, -0.1) is 11.7 Å². The van der Waals surface area contributed by atoms with Gasteiger partial charge >= 0.3 is 45.5 Å². The molecule has 0 aromatic heterocycles. The van der Waals surface area contributed by atoms with Crippen molar-refractivity contribution >= 4 is 67.6 Å². The van der Waals surface area contributed by atoms with Crippen LogP contribution in [0.3, 0.4) is 0 Å². The number of nitrogens with zero attached hydrogens (tertiary/aromatic N) is 3. The zero-order chi connectivity index (χ0) is 26.0. The van der Waals surface area contributed by atoms with E-state index in [0.717, 1.165) is 37.5 Å². The molecule has 1 aromatic carbocycles. The van der Waals surface area contributed by atoms with Gasteiger partial charge in [0, 0.05) is 37.8 Å². The average molecular weight is 596 g/mol. The van der Waals surface area contributed by atoms with Crippen molar-refractivity contribution in [1.29, 1.82) is 0 Å². The second kappa shape index (κ2) is 21.4. The third-order valence-electron chi connectivity index (χ3n) is 4.11. The molecule has 0 saturated carbocycles. The first kappa shape index (κ1) is 37.6. The van der Waals surface area contributed by atoms with Gasteiger partial charge in [0.25, 0.3) is 0 Å². The molecule has 198 valence electrons. The topological polar surface area (TPSA) is 59.0 Å². The fourth-order valence-electron chi connectivity index (χ4n) is 3.33. The molecule has 5 nitrogen and oxygen atoms in total. The Labute approximate surface area is 256 Å². The molecule has 8 heteroatoms. The Hall–Kier alpha value is 0.484. The fourth-order valence-corrected chi connectivity index (χ4v) is 11.4. The summed E-state index contributed by atoms with van der Waals surface area (Å²) in [7, 11) is -2.21. The van der Waals surface area contributed by atoms with Gasteiger partial charge in [0.15, 0.2) is 0 Å². The van der Waals surface area contributed by atoms with Crippen LogP contribution in [-0.4, -0.2) is 100 Å². The summed E-state index contributed by atoms with van der Waals surface area (Å²) in [5.41, 5.74) is 0.976. The minimum absolute atomic E-state index is 0. The Kier molecular flexibility index (Phi) is 23.0. The summed E-state index contributed by atoms with van der Waals surface area (Å²) >= 11 is 0. The van der Waals surface area contributed by atoms with E-state index in [9.17, 15) is 0 Å². The predicted molar refractivity (Wildman–Crippen MR) is 161 cm³/mol. The third kappa shape index (κ3) is 27.3. The zero-order valence-corrected chi connectivity index (χ0v) is 30.0. The summed E-state index contributed by atoms with van der Waals surface area (Å²) in [6.45, 7) is 26.1. The van der Waals surface area contributed by atoms with E-state index < -0.39 is 16.5 Å². The van der Waals surface area contributed by atoms with E-state index in [1.165, 1.54) is 25.7 Å². The van der Waals surface area contributed by atoms with E-state index in [4.69, 9.17) is 14.1 Å². The monoisotopic (exact) mass is 595 g/mol. The van der Waals surface area contributed by atoms with Crippen molar-refractivity contribution in [2.75, 3.05) is 26.4 Å². The van der Waals surface area contributed by atoms with Crippen LogP contribution in [0, 0.1) is 0 Å². The van der Waals surface area contributed by atoms with E-state index in [2.05, 4.69) is 77.3 Å². The van der Waals surface area contributed by atoms with Crippen molar-refractivity contribution in [3.05, 3.63) is 45.7 Å². The molecule has 0 aliphatic carbocycles. The average Bonchev–Trinajstić information content (AvgIpc) is 3.39. The Morgan fingerprint density at radius 2 is 1.14 bits per heavy atom. The Balaban J connectivity index is 0. The van der Waals surface area contributed by atoms with Gasteiger partial charge in [-0.25, -0.2) is 0 Å². The largest absolute Gasteiger partial charge is 2.00 e. The molecular weight excluding hydrogens is 542 g/mol. The molecule has 0 radical (unpaired) electrons. The molecule has 3 rings (SSSR count). The van der Waals surface area contributed by atoms with Crippen LogP contribution >= 0.6 is 0 Å². The summed E-state index contributed by atoms with van der Waals surface area (Å²) in [5.74, 6) is 0. The van der Waals surface area contributed by atoms with Crippen LogP contribution in [0.2, 0.25) is 39.3 Å². The fraction of sp³-hybridized carbons (Fsp3) is 0.741. The molecule has 0 bridgehead atoms. The second-order valence-corrected chi connectivity index (χ2v) is 20.8. The molecule has 2 heterocycles. The maximum absolute atomic E-state index is 4.94. The van der Waals surface area contributed by atoms with Crippen molar-refractivity contribution in [1.82, 2.24) is 0 Å². The molecule has 2 aliphatic rings. The quantitative estimate of drug-likeness (QED) is 0.329. The summed E-state index contributed by atoms with van der Waals surface area (Å²) in [5, 5.41) is 5.53. The molecule has 0 atom stereocenters. The minimum Gasteiger partial charge on any atom is -0.680 e. The van der Waals surface area contributed by atoms with Gasteiger partial charge in [-0.1, -0.05) is 93.9 Å². The number of rotatable bonds is 5. The molecule has 2 fully saturated rings. The third-order valence-corrected chi connectivity index (χ3v) is 9.48. The SMILES string of the molecule is C1CCOC1.C1CCOC1.CC(C)N=c1cccccc1[N-]C(C)C.C[Si](C)(C)[N-][Si](C)(C)C.[Sr+2]. The van der Waals surface area contributed by atoms with E-state index >= 15 is 0 Å². The first-order valence-corrected chi connectivity index (χ1v) is 19.9. The standard InChI is InChI=1S/C13H19N2.C6H18NSi2.2C4H8O.Sr/c1-10(2)14-12-8-6-5-7-9-13(12)15-11(3)4;1-8(2,3)7-9(4,5)6;2*1-2-4-5-3-1;/h5-11H,1-4H3;1-6H3;2*1-4H2;/q2*-1;;;+2. The van der Waals surface area contributed by atoms with Gasteiger partial charge in [-0.05, 0) is 45.6 Å². The van der Waals surface area contributed by atoms with E-state index in [0.29, 0.717) is 12.1 Å². The summed E-state index contributed by atoms with van der Waals surface area (Å²) < 4.78 is 14.7. The first-order valence-electron chi connectivity index (χ1n) is 13.0. The van der Waals surface area contributed by atoms with Crippen molar-refractivity contribution in [2.45, 2.75) is 105 Å². The predicted octanol–water partition coefficient (Wildman–Crippen LogP) is 7.65. The molecule has 0 N–H and O–H groups in total. The molecule has 1 aromatic rings. The van der Waals surface area contributed by atoms with Gasteiger partial charge in [0.1, 0.15) is 0 Å². The Morgan fingerprint density at radius 3 is 1.43 bits per heavy atom. The minimum atomic E-state index is -1.11. The Morgan fingerprint density at radius 1 is 0.714 bits per heavy atom. The van der Waals surface area contributed by atoms with Gasteiger partial charge in [-0.3, -0.25) is 4.99 Å². The van der Waals surface area contributed by atoms with Crippen molar-refractivity contribution < 1.29 is 9.47 Å². The van der Waals surface area contributed by atoms with E-state index in [-0.39, 0.29) is 45.5 Å². The number of hydrogen-bond acceptors (Lipinski definition) is 3. The van der Waals surface area contributed by atoms with Crippen LogP contribution in [0.1, 0.15) is 53.4 Å². The van der Waals surface area contributed by atoms with Gasteiger partial charge < -0.3 is 19.4 Å². The summed E-state index contributed by atoms with van der Waals surface area (Å²) in [6, 6.07) is 10.6. The van der Waals surface area contributed by atoms with Crippen LogP contribution in [0.4, 0.5) is 5.69 Å². The number of ether oxygens (including phenoxy) is 2. The maximum atomic E-state index is 4.94. The maximum Gasteiger partial charge on any atom is 2.00 e. The summed E-state index contributed by atoms with van der Waals surface area (Å²) in [4.78, 5) is 4.56. The number of hydrogen-bond donors (Lipinski definition) is 0. The van der Waals surface area contributed by atoms with E-state index in [1.807, 2.05) is 30.3 Å². The molecule has 2 aliphatic heterocycles. The second-order valence-electron chi connectivity index (χ2n) is 11.2. The molecule has 2 saturated heterocycles. The normalized spacial score (nSPS) is 15.7. The smallest absolute Gasteiger partial charge is 0.680 e. The first-order chi connectivity index (χ1) is 15.8. The van der Waals surface area contributed by atoms with Crippen LogP contribution in [0.5, 0.6) is 0 Å². The van der Waals surface area contributed by atoms with Gasteiger partial charge in [0.05, 0.1) is 0 Å². The van der Waals surface area contributed by atoms with Crippen LogP contribution in [0.15, 0.2) is 35.3 Å².